The second-order valence-electron chi connectivity index (χ2n) is 4.54. The predicted molar refractivity (Wildman–Crippen MR) is 80.0 cm³/mol. The minimum Gasteiger partial charge on any atom is -0.497 e. The molecular weight excluding hydrogens is 293 g/mol. The SMILES string of the molecule is COc1ccc(CC(=O)NCc2ccc(F)cc2)c(Cl)c1. The minimum atomic E-state index is -0.296. The van der Waals surface area contributed by atoms with Crippen molar-refractivity contribution in [2.45, 2.75) is 13.0 Å². The lowest BCUT2D eigenvalue weighted by Crippen LogP contribution is -2.24. The van der Waals surface area contributed by atoms with Crippen LogP contribution in [0.1, 0.15) is 11.1 Å². The number of carbonyl (C=O) groups is 1. The Morgan fingerprint density at radius 3 is 2.57 bits per heavy atom. The lowest BCUT2D eigenvalue weighted by Gasteiger charge is -2.08. The van der Waals surface area contributed by atoms with Gasteiger partial charge < -0.3 is 10.1 Å². The lowest BCUT2D eigenvalue weighted by molar-refractivity contribution is -0.120. The number of rotatable bonds is 5. The molecule has 1 N–H and O–H groups in total. The van der Waals surface area contributed by atoms with Crippen LogP contribution in [-0.2, 0) is 17.8 Å². The topological polar surface area (TPSA) is 38.3 Å². The molecule has 0 unspecified atom stereocenters. The minimum absolute atomic E-state index is 0.147. The van der Waals surface area contributed by atoms with Crippen LogP contribution >= 0.6 is 11.6 Å². The van der Waals surface area contributed by atoms with Crippen LogP contribution in [0.25, 0.3) is 0 Å². The maximum atomic E-state index is 12.8. The standard InChI is InChI=1S/C16H15ClFNO2/c1-21-14-7-4-12(15(17)9-14)8-16(20)19-10-11-2-5-13(18)6-3-11/h2-7,9H,8,10H2,1H3,(H,19,20). The first kappa shape index (κ1) is 15.3. The predicted octanol–water partition coefficient (Wildman–Crippen LogP) is 3.35. The van der Waals surface area contributed by atoms with Crippen molar-refractivity contribution in [1.82, 2.24) is 5.32 Å². The van der Waals surface area contributed by atoms with Crippen LogP contribution < -0.4 is 10.1 Å². The van der Waals surface area contributed by atoms with Gasteiger partial charge in [-0.2, -0.15) is 0 Å². The number of methoxy groups -OCH3 is 1. The van der Waals surface area contributed by atoms with Crippen molar-refractivity contribution in [1.29, 1.82) is 0 Å². The van der Waals surface area contributed by atoms with Gasteiger partial charge in [-0.1, -0.05) is 29.8 Å². The van der Waals surface area contributed by atoms with E-state index < -0.39 is 0 Å². The van der Waals surface area contributed by atoms with Crippen LogP contribution in [0.4, 0.5) is 4.39 Å². The second kappa shape index (κ2) is 7.09. The normalized spacial score (nSPS) is 10.2. The Morgan fingerprint density at radius 2 is 1.95 bits per heavy atom. The average Bonchev–Trinajstić information content (AvgIpc) is 2.48. The summed E-state index contributed by atoms with van der Waals surface area (Å²) >= 11 is 6.09. The number of benzene rings is 2. The van der Waals surface area contributed by atoms with Gasteiger partial charge in [0, 0.05) is 11.6 Å². The molecule has 2 rings (SSSR count). The molecule has 0 saturated carbocycles. The Morgan fingerprint density at radius 1 is 1.24 bits per heavy atom. The molecule has 0 aliphatic heterocycles. The molecule has 0 atom stereocenters. The second-order valence-corrected chi connectivity index (χ2v) is 4.94. The summed E-state index contributed by atoms with van der Waals surface area (Å²) in [5.74, 6) is 0.206. The summed E-state index contributed by atoms with van der Waals surface area (Å²) in [4.78, 5) is 11.9. The largest absolute Gasteiger partial charge is 0.497 e. The highest BCUT2D eigenvalue weighted by molar-refractivity contribution is 6.31. The van der Waals surface area contributed by atoms with E-state index in [-0.39, 0.29) is 18.1 Å². The van der Waals surface area contributed by atoms with Crippen LogP contribution in [0.15, 0.2) is 42.5 Å². The first-order valence-corrected chi connectivity index (χ1v) is 6.80. The Balaban J connectivity index is 1.91. The number of amides is 1. The third kappa shape index (κ3) is 4.46. The first-order valence-electron chi connectivity index (χ1n) is 6.42. The molecule has 2 aromatic carbocycles. The Labute approximate surface area is 127 Å². The Kier molecular flexibility index (Phi) is 5.17. The van der Waals surface area contributed by atoms with Crippen molar-refractivity contribution in [2.75, 3.05) is 7.11 Å². The third-order valence-corrected chi connectivity index (χ3v) is 3.37. The molecular formula is C16H15ClFNO2. The smallest absolute Gasteiger partial charge is 0.224 e. The highest BCUT2D eigenvalue weighted by Gasteiger charge is 2.08. The van der Waals surface area contributed by atoms with E-state index in [4.69, 9.17) is 16.3 Å². The molecule has 1 amide bonds. The summed E-state index contributed by atoms with van der Waals surface area (Å²) in [5.41, 5.74) is 1.57. The molecule has 0 aromatic heterocycles. The fourth-order valence-electron chi connectivity index (χ4n) is 1.84. The Bertz CT molecular complexity index is 629. The van der Waals surface area contributed by atoms with Crippen LogP contribution in [0.5, 0.6) is 5.75 Å². The zero-order valence-electron chi connectivity index (χ0n) is 11.5. The zero-order valence-corrected chi connectivity index (χ0v) is 12.3. The van der Waals surface area contributed by atoms with Crippen LogP contribution in [0.3, 0.4) is 0 Å². The van der Waals surface area contributed by atoms with E-state index in [9.17, 15) is 9.18 Å². The summed E-state index contributed by atoms with van der Waals surface area (Å²) in [6.07, 6.45) is 0.185. The summed E-state index contributed by atoms with van der Waals surface area (Å²) in [6, 6.07) is 11.2. The number of hydrogen-bond acceptors (Lipinski definition) is 2. The van der Waals surface area contributed by atoms with Gasteiger partial charge in [-0.15, -0.1) is 0 Å². The highest BCUT2D eigenvalue weighted by atomic mass is 35.5. The summed E-state index contributed by atoms with van der Waals surface area (Å²) < 4.78 is 17.8. The molecule has 0 spiro atoms. The van der Waals surface area contributed by atoms with Crippen molar-refractivity contribution in [3.05, 3.63) is 64.4 Å². The van der Waals surface area contributed by atoms with Gasteiger partial charge in [-0.25, -0.2) is 4.39 Å². The van der Waals surface area contributed by atoms with Gasteiger partial charge in [0.15, 0.2) is 0 Å². The molecule has 110 valence electrons. The zero-order chi connectivity index (χ0) is 15.2. The molecule has 21 heavy (non-hydrogen) atoms. The number of nitrogens with one attached hydrogen (secondary N) is 1. The van der Waals surface area contributed by atoms with Gasteiger partial charge in [0.25, 0.3) is 0 Å². The molecule has 5 heteroatoms. The number of halogens is 2. The first-order chi connectivity index (χ1) is 10.1. The number of hydrogen-bond donors (Lipinski definition) is 1. The molecule has 0 aliphatic rings. The number of carbonyl (C=O) groups excluding carboxylic acids is 1. The maximum Gasteiger partial charge on any atom is 0.224 e. The van der Waals surface area contributed by atoms with Crippen LogP contribution in [0.2, 0.25) is 5.02 Å². The van der Waals surface area contributed by atoms with Gasteiger partial charge in [0.1, 0.15) is 11.6 Å². The van der Waals surface area contributed by atoms with E-state index >= 15 is 0 Å². The number of ether oxygens (including phenoxy) is 1. The molecule has 0 bridgehead atoms. The van der Waals surface area contributed by atoms with E-state index in [2.05, 4.69) is 5.32 Å². The van der Waals surface area contributed by atoms with Crippen molar-refractivity contribution in [3.63, 3.8) is 0 Å². The summed E-state index contributed by atoms with van der Waals surface area (Å²) in [7, 11) is 1.56. The van der Waals surface area contributed by atoms with Crippen molar-refractivity contribution >= 4 is 17.5 Å². The molecule has 0 fully saturated rings. The molecule has 0 heterocycles. The Hall–Kier alpha value is -2.07. The molecule has 0 aliphatic carbocycles. The van der Waals surface area contributed by atoms with E-state index in [1.165, 1.54) is 12.1 Å². The lowest BCUT2D eigenvalue weighted by atomic mass is 10.1. The van der Waals surface area contributed by atoms with E-state index in [1.54, 1.807) is 37.4 Å². The van der Waals surface area contributed by atoms with Crippen molar-refractivity contribution in [2.24, 2.45) is 0 Å². The van der Waals surface area contributed by atoms with Gasteiger partial charge in [-0.3, -0.25) is 4.79 Å². The van der Waals surface area contributed by atoms with E-state index in [1.807, 2.05) is 0 Å². The van der Waals surface area contributed by atoms with Gasteiger partial charge >= 0.3 is 0 Å². The third-order valence-electron chi connectivity index (χ3n) is 3.01. The van der Waals surface area contributed by atoms with E-state index in [0.717, 1.165) is 11.1 Å². The van der Waals surface area contributed by atoms with E-state index in [0.29, 0.717) is 17.3 Å². The fourth-order valence-corrected chi connectivity index (χ4v) is 2.07. The monoisotopic (exact) mass is 307 g/mol. The van der Waals surface area contributed by atoms with Gasteiger partial charge in [0.2, 0.25) is 5.91 Å². The summed E-state index contributed by atoms with van der Waals surface area (Å²) in [5, 5.41) is 3.26. The highest BCUT2D eigenvalue weighted by Crippen LogP contribution is 2.22. The fraction of sp³-hybridized carbons (Fsp3) is 0.188. The van der Waals surface area contributed by atoms with Gasteiger partial charge in [-0.05, 0) is 35.4 Å². The maximum absolute atomic E-state index is 12.8. The van der Waals surface area contributed by atoms with Crippen molar-refractivity contribution in [3.8, 4) is 5.75 Å². The summed E-state index contributed by atoms with van der Waals surface area (Å²) in [6.45, 7) is 0.354. The molecule has 2 aromatic rings. The molecule has 3 nitrogen and oxygen atoms in total. The molecule has 0 saturated heterocycles. The van der Waals surface area contributed by atoms with Crippen LogP contribution in [0, 0.1) is 5.82 Å². The average molecular weight is 308 g/mol. The van der Waals surface area contributed by atoms with Crippen molar-refractivity contribution < 1.29 is 13.9 Å². The quantitative estimate of drug-likeness (QED) is 0.920. The van der Waals surface area contributed by atoms with Gasteiger partial charge in [0.05, 0.1) is 13.5 Å². The molecule has 0 radical (unpaired) electrons. The van der Waals surface area contributed by atoms with Crippen LogP contribution in [-0.4, -0.2) is 13.0 Å².